The van der Waals surface area contributed by atoms with Gasteiger partial charge in [0.2, 0.25) is 0 Å². The van der Waals surface area contributed by atoms with Crippen LogP contribution in [0.25, 0.3) is 0 Å². The molecular formula is C21H37N3O6. The van der Waals surface area contributed by atoms with Gasteiger partial charge in [0.1, 0.15) is 24.1 Å². The Hall–Kier alpha value is -1.52. The lowest BCUT2D eigenvalue weighted by Crippen LogP contribution is -2.61. The van der Waals surface area contributed by atoms with E-state index in [0.29, 0.717) is 39.3 Å². The monoisotopic (exact) mass is 427 g/mol. The van der Waals surface area contributed by atoms with Crippen LogP contribution in [-0.2, 0) is 28.7 Å². The van der Waals surface area contributed by atoms with Gasteiger partial charge in [-0.3, -0.25) is 9.59 Å². The molecule has 1 aliphatic carbocycles. The van der Waals surface area contributed by atoms with Crippen LogP contribution < -0.4 is 16.0 Å². The number of ether oxygens (including phenoxy) is 2. The highest BCUT2D eigenvalue weighted by Crippen LogP contribution is 2.22. The number of ketones is 2. The second-order valence-electron chi connectivity index (χ2n) is 7.54. The Morgan fingerprint density at radius 3 is 2.03 bits per heavy atom. The van der Waals surface area contributed by atoms with Crippen molar-refractivity contribution in [2.24, 2.45) is 0 Å². The average molecular weight is 428 g/mol. The van der Waals surface area contributed by atoms with Crippen molar-refractivity contribution in [3.63, 3.8) is 0 Å². The van der Waals surface area contributed by atoms with Crippen molar-refractivity contribution in [2.75, 3.05) is 40.0 Å². The number of hydrogen-bond donors (Lipinski definition) is 3. The van der Waals surface area contributed by atoms with Gasteiger partial charge in [0, 0.05) is 44.5 Å². The van der Waals surface area contributed by atoms with Gasteiger partial charge in [-0.15, -0.1) is 0 Å². The Morgan fingerprint density at radius 2 is 1.50 bits per heavy atom. The number of aldehydes is 2. The molecule has 2 unspecified atom stereocenters. The van der Waals surface area contributed by atoms with Gasteiger partial charge < -0.3 is 35.0 Å². The molecule has 30 heavy (non-hydrogen) atoms. The highest BCUT2D eigenvalue weighted by molar-refractivity contribution is 5.86. The van der Waals surface area contributed by atoms with Gasteiger partial charge in [0.15, 0.2) is 0 Å². The zero-order valence-electron chi connectivity index (χ0n) is 18.2. The van der Waals surface area contributed by atoms with Crippen molar-refractivity contribution < 1.29 is 28.7 Å². The molecule has 0 heterocycles. The summed E-state index contributed by atoms with van der Waals surface area (Å²) >= 11 is 0. The summed E-state index contributed by atoms with van der Waals surface area (Å²) in [5.74, 6) is -0.0988. The molecule has 0 amide bonds. The van der Waals surface area contributed by atoms with Gasteiger partial charge >= 0.3 is 0 Å². The van der Waals surface area contributed by atoms with Crippen molar-refractivity contribution in [3.8, 4) is 0 Å². The topological polar surface area (TPSA) is 123 Å². The molecule has 0 spiro atoms. The molecule has 0 aromatic heterocycles. The Kier molecular flexibility index (Phi) is 14.3. The van der Waals surface area contributed by atoms with Crippen LogP contribution in [0.2, 0.25) is 0 Å². The molecule has 0 radical (unpaired) electrons. The van der Waals surface area contributed by atoms with E-state index < -0.39 is 12.1 Å². The molecule has 1 rings (SSSR count). The average Bonchev–Trinajstić information content (AvgIpc) is 2.71. The van der Waals surface area contributed by atoms with Gasteiger partial charge in [-0.1, -0.05) is 0 Å². The van der Waals surface area contributed by atoms with E-state index in [9.17, 15) is 19.2 Å². The molecule has 0 aliphatic heterocycles. The second-order valence-corrected chi connectivity index (χ2v) is 7.54. The van der Waals surface area contributed by atoms with Crippen LogP contribution in [0, 0.1) is 0 Å². The lowest BCUT2D eigenvalue weighted by Gasteiger charge is -2.41. The summed E-state index contributed by atoms with van der Waals surface area (Å²) in [6, 6.07) is -1.04. The van der Waals surface area contributed by atoms with Crippen molar-refractivity contribution in [1.82, 2.24) is 16.0 Å². The highest BCUT2D eigenvalue weighted by atomic mass is 16.5. The van der Waals surface area contributed by atoms with Crippen molar-refractivity contribution in [2.45, 2.75) is 69.6 Å². The smallest absolute Gasteiger partial charge is 0.150 e. The first-order valence-electron chi connectivity index (χ1n) is 10.8. The van der Waals surface area contributed by atoms with E-state index in [1.807, 2.05) is 7.05 Å². The predicted molar refractivity (Wildman–Crippen MR) is 113 cm³/mol. The molecule has 0 bridgehead atoms. The van der Waals surface area contributed by atoms with Gasteiger partial charge in [0.05, 0.1) is 31.9 Å². The van der Waals surface area contributed by atoms with E-state index in [-0.39, 0.29) is 36.5 Å². The summed E-state index contributed by atoms with van der Waals surface area (Å²) in [7, 11) is 1.86. The molecule has 1 saturated carbocycles. The number of nitrogens with one attached hydrogen (secondary N) is 3. The minimum absolute atomic E-state index is 0.00147. The molecule has 172 valence electrons. The Labute approximate surface area is 179 Å². The zero-order valence-corrected chi connectivity index (χ0v) is 18.2. The van der Waals surface area contributed by atoms with Gasteiger partial charge in [-0.2, -0.15) is 0 Å². The number of rotatable bonds is 20. The first-order chi connectivity index (χ1) is 14.5. The summed E-state index contributed by atoms with van der Waals surface area (Å²) < 4.78 is 10.8. The standard InChI is InChI=1S/C21H37N3O6/c1-16(27)17(7-10-25)23-18-5-6-19(18)24-20(8-11-26)21(28)4-3-12-29-14-15-30-13-9-22-2/h10-11,17-20,22-24H,3-9,12-15H2,1-2H3/t17-,18?,19?,20-/m0/s1. The van der Waals surface area contributed by atoms with Crippen LogP contribution in [0.15, 0.2) is 0 Å². The molecule has 1 aliphatic rings. The summed E-state index contributed by atoms with van der Waals surface area (Å²) in [5, 5.41) is 9.45. The second kappa shape index (κ2) is 16.2. The van der Waals surface area contributed by atoms with Gasteiger partial charge in [-0.05, 0) is 33.2 Å². The number of likely N-dealkylation sites (N-methyl/N-ethyl adjacent to an activating group) is 1. The van der Waals surface area contributed by atoms with E-state index in [4.69, 9.17) is 9.47 Å². The highest BCUT2D eigenvalue weighted by Gasteiger charge is 2.35. The number of hydrogen-bond acceptors (Lipinski definition) is 9. The van der Waals surface area contributed by atoms with Crippen LogP contribution in [0.3, 0.4) is 0 Å². The summed E-state index contributed by atoms with van der Waals surface area (Å²) in [6.07, 6.45) is 4.36. The summed E-state index contributed by atoms with van der Waals surface area (Å²) in [6.45, 7) is 4.36. The maximum Gasteiger partial charge on any atom is 0.150 e. The lowest BCUT2D eigenvalue weighted by molar-refractivity contribution is -0.124. The normalized spacial score (nSPS) is 20.2. The molecule has 0 saturated heterocycles. The number of Topliss-reactive ketones (excluding diaryl/α,β-unsaturated/α-hetero) is 2. The molecule has 9 nitrogen and oxygen atoms in total. The largest absolute Gasteiger partial charge is 0.379 e. The molecule has 4 atom stereocenters. The predicted octanol–water partition coefficient (Wildman–Crippen LogP) is -0.197. The Bertz CT molecular complexity index is 531. The molecule has 9 heteroatoms. The summed E-state index contributed by atoms with van der Waals surface area (Å²) in [5.41, 5.74) is 0. The molecule has 3 N–H and O–H groups in total. The molecule has 0 aromatic carbocycles. The maximum absolute atomic E-state index is 12.5. The van der Waals surface area contributed by atoms with E-state index in [2.05, 4.69) is 16.0 Å². The number of carbonyl (C=O) groups is 4. The quantitative estimate of drug-likeness (QED) is 0.179. The third-order valence-corrected chi connectivity index (χ3v) is 5.23. The minimum atomic E-state index is -0.538. The van der Waals surface area contributed by atoms with Crippen LogP contribution in [0.5, 0.6) is 0 Å². The third-order valence-electron chi connectivity index (χ3n) is 5.23. The number of carbonyl (C=O) groups excluding carboxylic acids is 4. The Morgan fingerprint density at radius 1 is 0.933 bits per heavy atom. The third kappa shape index (κ3) is 10.5. The van der Waals surface area contributed by atoms with E-state index in [1.54, 1.807) is 0 Å². The maximum atomic E-state index is 12.5. The van der Waals surface area contributed by atoms with E-state index in [0.717, 1.165) is 32.0 Å². The first kappa shape index (κ1) is 26.5. The van der Waals surface area contributed by atoms with E-state index >= 15 is 0 Å². The molecule has 1 fully saturated rings. The van der Waals surface area contributed by atoms with Crippen LogP contribution in [-0.4, -0.2) is 88.3 Å². The summed E-state index contributed by atoms with van der Waals surface area (Å²) in [4.78, 5) is 46.0. The van der Waals surface area contributed by atoms with Gasteiger partial charge in [0.25, 0.3) is 0 Å². The van der Waals surface area contributed by atoms with Crippen molar-refractivity contribution in [3.05, 3.63) is 0 Å². The Balaban J connectivity index is 2.31. The fourth-order valence-electron chi connectivity index (χ4n) is 3.27. The molecule has 0 aromatic rings. The van der Waals surface area contributed by atoms with E-state index in [1.165, 1.54) is 6.92 Å². The SMILES string of the molecule is CNCCOCCOCCCC(=O)[C@H](CC=O)NC1CCC1N[C@@H](CC=O)C(C)=O. The van der Waals surface area contributed by atoms with Crippen molar-refractivity contribution in [1.29, 1.82) is 0 Å². The lowest BCUT2D eigenvalue weighted by atomic mass is 9.84. The molecular weight excluding hydrogens is 390 g/mol. The van der Waals surface area contributed by atoms with Crippen LogP contribution >= 0.6 is 0 Å². The first-order valence-corrected chi connectivity index (χ1v) is 10.8. The van der Waals surface area contributed by atoms with Crippen LogP contribution in [0.4, 0.5) is 0 Å². The zero-order chi connectivity index (χ0) is 22.2. The fourth-order valence-corrected chi connectivity index (χ4v) is 3.27. The van der Waals surface area contributed by atoms with Gasteiger partial charge in [-0.25, -0.2) is 0 Å². The van der Waals surface area contributed by atoms with Crippen molar-refractivity contribution >= 4 is 24.1 Å². The minimum Gasteiger partial charge on any atom is -0.379 e. The fraction of sp³-hybridized carbons (Fsp3) is 0.810. The van der Waals surface area contributed by atoms with Crippen LogP contribution in [0.1, 0.15) is 45.4 Å².